The van der Waals surface area contributed by atoms with Crippen molar-refractivity contribution in [3.63, 3.8) is 0 Å². The standard InChI is InChI=1S/C18H28O3S.Ca.2H/c19-22(20,21)18-15-11-10-14-17(18)16-12-8-6-4-2-1-3-5-7-9-13-16;;;/h10-11,14-16H,1-9,12-13H2,(H,19,20,21);;;. The molecule has 0 amide bonds. The molecule has 1 fully saturated rings. The molecule has 128 valence electrons. The fourth-order valence-corrected chi connectivity index (χ4v) is 4.31. The molecule has 0 spiro atoms. The maximum absolute atomic E-state index is 11.6. The molecular formula is C18H30CaO3S. The third-order valence-corrected chi connectivity index (χ3v) is 5.67. The summed E-state index contributed by atoms with van der Waals surface area (Å²) in [6, 6.07) is 6.96. The van der Waals surface area contributed by atoms with Gasteiger partial charge in [-0.15, -0.1) is 0 Å². The van der Waals surface area contributed by atoms with E-state index in [1.165, 1.54) is 51.0 Å². The predicted molar refractivity (Wildman–Crippen MR) is 98.3 cm³/mol. The molecule has 0 radical (unpaired) electrons. The Kier molecular flexibility index (Phi) is 10.3. The van der Waals surface area contributed by atoms with Gasteiger partial charge in [-0.25, -0.2) is 0 Å². The molecule has 0 unspecified atom stereocenters. The SMILES string of the molecule is O=S(=O)(O)c1ccccc1C1CCCCCCCCCCC1.[CaH2]. The van der Waals surface area contributed by atoms with Gasteiger partial charge in [-0.1, -0.05) is 76.0 Å². The molecule has 0 aliphatic heterocycles. The summed E-state index contributed by atoms with van der Waals surface area (Å²) in [5.74, 6) is 0.248. The fraction of sp³-hybridized carbons (Fsp3) is 0.667. The van der Waals surface area contributed by atoms with Crippen LogP contribution < -0.4 is 0 Å². The van der Waals surface area contributed by atoms with E-state index in [-0.39, 0.29) is 48.6 Å². The van der Waals surface area contributed by atoms with E-state index in [0.717, 1.165) is 31.2 Å². The van der Waals surface area contributed by atoms with Gasteiger partial charge in [0.05, 0.1) is 4.90 Å². The molecule has 1 aliphatic rings. The third-order valence-electron chi connectivity index (χ3n) is 4.74. The first-order valence-electron chi connectivity index (χ1n) is 8.65. The van der Waals surface area contributed by atoms with Crippen LogP contribution in [0.15, 0.2) is 29.2 Å². The normalized spacial score (nSPS) is 19.2. The summed E-state index contributed by atoms with van der Waals surface area (Å²) in [7, 11) is -4.13. The van der Waals surface area contributed by atoms with Gasteiger partial charge in [0.15, 0.2) is 0 Å². The van der Waals surface area contributed by atoms with Crippen LogP contribution in [0.2, 0.25) is 0 Å². The van der Waals surface area contributed by atoms with E-state index < -0.39 is 10.1 Å². The van der Waals surface area contributed by atoms with E-state index in [1.807, 2.05) is 12.1 Å². The van der Waals surface area contributed by atoms with Crippen molar-refractivity contribution in [2.45, 2.75) is 81.4 Å². The molecule has 1 aromatic carbocycles. The van der Waals surface area contributed by atoms with Crippen LogP contribution in [0.4, 0.5) is 0 Å². The van der Waals surface area contributed by atoms with E-state index in [9.17, 15) is 13.0 Å². The number of rotatable bonds is 2. The maximum atomic E-state index is 11.6. The Morgan fingerprint density at radius 2 is 1.22 bits per heavy atom. The summed E-state index contributed by atoms with van der Waals surface area (Å²) in [6.45, 7) is 0. The quantitative estimate of drug-likeness (QED) is 0.623. The molecule has 1 saturated carbocycles. The molecule has 1 aliphatic carbocycles. The zero-order chi connectivity index (χ0) is 15.8. The Bertz CT molecular complexity index is 545. The second-order valence-electron chi connectivity index (χ2n) is 6.47. The first kappa shape index (κ1) is 21.4. The summed E-state index contributed by atoms with van der Waals surface area (Å²) < 4.78 is 32.7. The first-order chi connectivity index (χ1) is 10.6. The molecule has 1 aromatic rings. The van der Waals surface area contributed by atoms with Crippen LogP contribution in [0.5, 0.6) is 0 Å². The van der Waals surface area contributed by atoms with Crippen LogP contribution in [0, 0.1) is 0 Å². The molecule has 5 heteroatoms. The zero-order valence-electron chi connectivity index (χ0n) is 13.3. The molecule has 0 heterocycles. The molecule has 0 atom stereocenters. The van der Waals surface area contributed by atoms with Crippen LogP contribution in [0.25, 0.3) is 0 Å². The van der Waals surface area contributed by atoms with E-state index in [2.05, 4.69) is 0 Å². The second-order valence-corrected chi connectivity index (χ2v) is 7.86. The van der Waals surface area contributed by atoms with Crippen molar-refractivity contribution >= 4 is 47.9 Å². The zero-order valence-corrected chi connectivity index (χ0v) is 14.2. The first-order valence-corrected chi connectivity index (χ1v) is 10.1. The van der Waals surface area contributed by atoms with Gasteiger partial charge >= 0.3 is 37.7 Å². The number of benzene rings is 1. The summed E-state index contributed by atoms with van der Waals surface area (Å²) in [5.41, 5.74) is 0.807. The second kappa shape index (κ2) is 11.1. The Hall–Kier alpha value is 0.390. The van der Waals surface area contributed by atoms with Gasteiger partial charge in [0.1, 0.15) is 0 Å². The van der Waals surface area contributed by atoms with E-state index in [0.29, 0.717) is 0 Å². The van der Waals surface area contributed by atoms with Crippen LogP contribution in [0.3, 0.4) is 0 Å². The fourth-order valence-electron chi connectivity index (χ4n) is 3.53. The summed E-state index contributed by atoms with van der Waals surface area (Å²) in [6.07, 6.45) is 13.4. The van der Waals surface area contributed by atoms with Gasteiger partial charge in [-0.2, -0.15) is 8.42 Å². The predicted octanol–water partition coefficient (Wildman–Crippen LogP) is 4.41. The van der Waals surface area contributed by atoms with Crippen LogP contribution in [-0.4, -0.2) is 50.7 Å². The number of hydrogen-bond acceptors (Lipinski definition) is 2. The average molecular weight is 367 g/mol. The van der Waals surface area contributed by atoms with Crippen LogP contribution in [0.1, 0.15) is 82.1 Å². The molecule has 3 nitrogen and oxygen atoms in total. The van der Waals surface area contributed by atoms with Gasteiger partial charge in [-0.3, -0.25) is 4.55 Å². The Morgan fingerprint density at radius 1 is 0.783 bits per heavy atom. The Balaban J connectivity index is 0.00000264. The van der Waals surface area contributed by atoms with E-state index in [1.54, 1.807) is 6.07 Å². The molecule has 2 rings (SSSR count). The van der Waals surface area contributed by atoms with Gasteiger partial charge < -0.3 is 0 Å². The topological polar surface area (TPSA) is 54.4 Å². The minimum absolute atomic E-state index is 0. The monoisotopic (exact) mass is 366 g/mol. The summed E-state index contributed by atoms with van der Waals surface area (Å²) in [4.78, 5) is 0.104. The molecule has 0 bridgehead atoms. The molecule has 0 saturated heterocycles. The van der Waals surface area contributed by atoms with Crippen LogP contribution in [-0.2, 0) is 10.1 Å². The minimum atomic E-state index is -4.13. The molecule has 0 aromatic heterocycles. The molecular weight excluding hydrogens is 336 g/mol. The molecule has 23 heavy (non-hydrogen) atoms. The van der Waals surface area contributed by atoms with Gasteiger partial charge in [0.25, 0.3) is 10.1 Å². The van der Waals surface area contributed by atoms with Crippen molar-refractivity contribution in [1.29, 1.82) is 0 Å². The van der Waals surface area contributed by atoms with Gasteiger partial charge in [0, 0.05) is 0 Å². The summed E-state index contributed by atoms with van der Waals surface area (Å²) >= 11 is 0. The number of hydrogen-bond donors (Lipinski definition) is 1. The summed E-state index contributed by atoms with van der Waals surface area (Å²) in [5, 5.41) is 0. The Morgan fingerprint density at radius 3 is 1.70 bits per heavy atom. The molecule has 1 N–H and O–H groups in total. The van der Waals surface area contributed by atoms with Crippen LogP contribution >= 0.6 is 0 Å². The Labute approximate surface area is 171 Å². The van der Waals surface area contributed by atoms with Crippen molar-refractivity contribution in [1.82, 2.24) is 0 Å². The van der Waals surface area contributed by atoms with Gasteiger partial charge in [-0.05, 0) is 30.4 Å². The van der Waals surface area contributed by atoms with Gasteiger partial charge in [0.2, 0.25) is 0 Å². The van der Waals surface area contributed by atoms with Crippen molar-refractivity contribution in [3.05, 3.63) is 29.8 Å². The third kappa shape index (κ3) is 7.43. The van der Waals surface area contributed by atoms with Crippen molar-refractivity contribution in [2.75, 3.05) is 0 Å². The van der Waals surface area contributed by atoms with E-state index in [4.69, 9.17) is 0 Å². The van der Waals surface area contributed by atoms with E-state index >= 15 is 0 Å². The van der Waals surface area contributed by atoms with Crippen molar-refractivity contribution < 1.29 is 13.0 Å². The van der Waals surface area contributed by atoms with Crippen molar-refractivity contribution in [3.8, 4) is 0 Å². The average Bonchev–Trinajstić information content (AvgIpc) is 2.47. The van der Waals surface area contributed by atoms with Crippen molar-refractivity contribution in [2.24, 2.45) is 0 Å².